The van der Waals surface area contributed by atoms with Crippen molar-refractivity contribution in [3.63, 3.8) is 0 Å². The summed E-state index contributed by atoms with van der Waals surface area (Å²) in [4.78, 5) is 5.87. The molecule has 2 aromatic rings. The van der Waals surface area contributed by atoms with Gasteiger partial charge in [0.2, 0.25) is 0 Å². The molecule has 1 heterocycles. The molecule has 0 fully saturated rings. The van der Waals surface area contributed by atoms with Gasteiger partial charge in [-0.25, -0.2) is 0 Å². The largest absolute Gasteiger partial charge is 0.358 e. The summed E-state index contributed by atoms with van der Waals surface area (Å²) in [5.41, 5.74) is 1.57. The average Bonchev–Trinajstić information content (AvgIpc) is 2.48. The van der Waals surface area contributed by atoms with Crippen molar-refractivity contribution in [2.75, 3.05) is 27.2 Å². The Hall–Kier alpha value is -1.71. The summed E-state index contributed by atoms with van der Waals surface area (Å²) in [7, 11) is 4.26. The minimum absolute atomic E-state index is 0.502. The summed E-state index contributed by atoms with van der Waals surface area (Å²) in [6, 6.07) is 16.2. The van der Waals surface area contributed by atoms with Crippen molar-refractivity contribution < 1.29 is 9.64 Å². The van der Waals surface area contributed by atoms with Crippen LogP contribution in [0.3, 0.4) is 0 Å². The van der Waals surface area contributed by atoms with Gasteiger partial charge in [-0.05, 0) is 24.6 Å². The highest BCUT2D eigenvalue weighted by Gasteiger charge is 2.31. The number of aromatic nitrogens is 1. The van der Waals surface area contributed by atoms with E-state index in [-0.39, 0.29) is 0 Å². The minimum atomic E-state index is -0.502. The third-order valence-corrected chi connectivity index (χ3v) is 3.47. The Kier molecular flexibility index (Phi) is 4.88. The maximum atomic E-state index is 6.23. The van der Waals surface area contributed by atoms with Crippen molar-refractivity contribution in [3.05, 3.63) is 66.0 Å². The van der Waals surface area contributed by atoms with Gasteiger partial charge >= 0.3 is 0 Å². The SMILES string of the molecule is C[NH+](C)CCO[C@](C)(c1ccccc1)c1ccccn1. The number of pyridine rings is 1. The van der Waals surface area contributed by atoms with Crippen molar-refractivity contribution in [1.82, 2.24) is 4.98 Å². The second-order valence-corrected chi connectivity index (χ2v) is 5.42. The Labute approximate surface area is 121 Å². The van der Waals surface area contributed by atoms with Crippen LogP contribution in [0.2, 0.25) is 0 Å². The predicted octanol–water partition coefficient (Wildman–Crippen LogP) is 1.51. The molecule has 3 nitrogen and oxygen atoms in total. The lowest BCUT2D eigenvalue weighted by molar-refractivity contribution is -0.859. The van der Waals surface area contributed by atoms with Crippen LogP contribution in [-0.2, 0) is 10.3 Å². The van der Waals surface area contributed by atoms with Crippen LogP contribution in [0.15, 0.2) is 54.7 Å². The summed E-state index contributed by atoms with van der Waals surface area (Å²) in [5, 5.41) is 0. The van der Waals surface area contributed by atoms with Crippen molar-refractivity contribution >= 4 is 0 Å². The maximum absolute atomic E-state index is 6.23. The van der Waals surface area contributed by atoms with Gasteiger partial charge in [0.1, 0.15) is 12.1 Å². The molecule has 0 aliphatic carbocycles. The molecule has 0 saturated carbocycles. The summed E-state index contributed by atoms with van der Waals surface area (Å²) >= 11 is 0. The van der Waals surface area contributed by atoms with Crippen LogP contribution in [0.4, 0.5) is 0 Å². The molecule has 106 valence electrons. The van der Waals surface area contributed by atoms with E-state index >= 15 is 0 Å². The van der Waals surface area contributed by atoms with Crippen LogP contribution in [0, 0.1) is 0 Å². The zero-order chi connectivity index (χ0) is 14.4. The standard InChI is InChI=1S/C17H22N2O/c1-17(20-14-13-19(2)3,15-9-5-4-6-10-15)16-11-7-8-12-18-16/h4-12H,13-14H2,1-3H3/p+1/t17-/m1/s1. The number of ether oxygens (including phenoxy) is 1. The molecule has 1 atom stereocenters. The van der Waals surface area contributed by atoms with Gasteiger partial charge < -0.3 is 9.64 Å². The highest BCUT2D eigenvalue weighted by molar-refractivity contribution is 5.31. The molecule has 0 aliphatic rings. The van der Waals surface area contributed by atoms with Crippen LogP contribution in [0.5, 0.6) is 0 Å². The quantitative estimate of drug-likeness (QED) is 0.862. The number of quaternary nitrogens is 1. The molecule has 1 aromatic heterocycles. The predicted molar refractivity (Wildman–Crippen MR) is 80.8 cm³/mol. The van der Waals surface area contributed by atoms with Crippen LogP contribution in [-0.4, -0.2) is 32.2 Å². The van der Waals surface area contributed by atoms with Gasteiger partial charge in [0.15, 0.2) is 0 Å². The Morgan fingerprint density at radius 1 is 1.05 bits per heavy atom. The molecule has 0 unspecified atom stereocenters. The monoisotopic (exact) mass is 271 g/mol. The lowest BCUT2D eigenvalue weighted by Crippen LogP contribution is -3.06. The summed E-state index contributed by atoms with van der Waals surface area (Å²) in [6.45, 7) is 3.76. The Balaban J connectivity index is 2.29. The first-order chi connectivity index (χ1) is 9.63. The zero-order valence-corrected chi connectivity index (χ0v) is 12.5. The first-order valence-electron chi connectivity index (χ1n) is 7.03. The molecule has 0 spiro atoms. The summed E-state index contributed by atoms with van der Waals surface area (Å²) < 4.78 is 6.23. The smallest absolute Gasteiger partial charge is 0.132 e. The molecule has 1 N–H and O–H groups in total. The van der Waals surface area contributed by atoms with Gasteiger partial charge in [-0.1, -0.05) is 36.4 Å². The molecule has 1 aromatic carbocycles. The number of benzene rings is 1. The molecule has 0 bridgehead atoms. The molecule has 0 saturated heterocycles. The van der Waals surface area contributed by atoms with E-state index in [4.69, 9.17) is 4.74 Å². The highest BCUT2D eigenvalue weighted by atomic mass is 16.5. The van der Waals surface area contributed by atoms with E-state index < -0.39 is 5.60 Å². The van der Waals surface area contributed by atoms with Crippen LogP contribution < -0.4 is 4.90 Å². The van der Waals surface area contributed by atoms with E-state index in [9.17, 15) is 0 Å². The first kappa shape index (κ1) is 14.7. The Bertz CT molecular complexity index is 472. The maximum Gasteiger partial charge on any atom is 0.132 e. The molecule has 3 heteroatoms. The number of hydrogen-bond donors (Lipinski definition) is 1. The minimum Gasteiger partial charge on any atom is -0.358 e. The van der Waals surface area contributed by atoms with Crippen LogP contribution in [0.1, 0.15) is 18.2 Å². The summed E-state index contributed by atoms with van der Waals surface area (Å²) in [5.74, 6) is 0. The van der Waals surface area contributed by atoms with Gasteiger partial charge in [-0.2, -0.15) is 0 Å². The number of nitrogens with zero attached hydrogens (tertiary/aromatic N) is 1. The molecule has 2 rings (SSSR count). The Morgan fingerprint density at radius 2 is 1.75 bits per heavy atom. The van der Waals surface area contributed by atoms with Crippen LogP contribution >= 0.6 is 0 Å². The van der Waals surface area contributed by atoms with Crippen molar-refractivity contribution in [1.29, 1.82) is 0 Å². The van der Waals surface area contributed by atoms with Crippen molar-refractivity contribution in [3.8, 4) is 0 Å². The van der Waals surface area contributed by atoms with Crippen molar-refractivity contribution in [2.45, 2.75) is 12.5 Å². The van der Waals surface area contributed by atoms with E-state index in [1.165, 1.54) is 4.90 Å². The first-order valence-corrected chi connectivity index (χ1v) is 7.03. The van der Waals surface area contributed by atoms with Gasteiger partial charge in [0, 0.05) is 6.20 Å². The van der Waals surface area contributed by atoms with E-state index in [0.29, 0.717) is 6.61 Å². The second-order valence-electron chi connectivity index (χ2n) is 5.42. The number of likely N-dealkylation sites (N-methyl/N-ethyl adjacent to an activating group) is 1. The third-order valence-electron chi connectivity index (χ3n) is 3.47. The molecular weight excluding hydrogens is 248 g/mol. The van der Waals surface area contributed by atoms with Crippen LogP contribution in [0.25, 0.3) is 0 Å². The van der Waals surface area contributed by atoms with Gasteiger partial charge in [0.25, 0.3) is 0 Å². The van der Waals surface area contributed by atoms with E-state index in [1.807, 2.05) is 42.6 Å². The molecular formula is C17H23N2O+. The molecule has 0 amide bonds. The zero-order valence-electron chi connectivity index (χ0n) is 12.5. The highest BCUT2D eigenvalue weighted by Crippen LogP contribution is 2.31. The van der Waals surface area contributed by atoms with E-state index in [2.05, 4.69) is 38.1 Å². The van der Waals surface area contributed by atoms with Crippen molar-refractivity contribution in [2.24, 2.45) is 0 Å². The fourth-order valence-corrected chi connectivity index (χ4v) is 2.17. The lowest BCUT2D eigenvalue weighted by Gasteiger charge is -2.30. The fraction of sp³-hybridized carbons (Fsp3) is 0.353. The number of hydrogen-bond acceptors (Lipinski definition) is 2. The van der Waals surface area contributed by atoms with Gasteiger partial charge in [0.05, 0.1) is 26.4 Å². The van der Waals surface area contributed by atoms with Gasteiger partial charge in [-0.15, -0.1) is 0 Å². The second kappa shape index (κ2) is 6.64. The van der Waals surface area contributed by atoms with E-state index in [1.54, 1.807) is 0 Å². The lowest BCUT2D eigenvalue weighted by atomic mass is 9.91. The average molecular weight is 271 g/mol. The fourth-order valence-electron chi connectivity index (χ4n) is 2.17. The van der Waals surface area contributed by atoms with Gasteiger partial charge in [-0.3, -0.25) is 4.98 Å². The molecule has 0 aliphatic heterocycles. The Morgan fingerprint density at radius 3 is 2.35 bits per heavy atom. The summed E-state index contributed by atoms with van der Waals surface area (Å²) in [6.07, 6.45) is 1.82. The number of rotatable bonds is 6. The molecule has 0 radical (unpaired) electrons. The normalized spacial score (nSPS) is 14.2. The topological polar surface area (TPSA) is 26.6 Å². The third kappa shape index (κ3) is 3.44. The molecule has 20 heavy (non-hydrogen) atoms. The van der Waals surface area contributed by atoms with E-state index in [0.717, 1.165) is 17.8 Å². The number of nitrogens with one attached hydrogen (secondary N) is 1.